The average molecular weight is 243 g/mol. The molecule has 0 radical (unpaired) electrons. The molecule has 0 amide bonds. The molecule has 1 rings (SSSR count). The van der Waals surface area contributed by atoms with E-state index in [1.54, 1.807) is 0 Å². The third-order valence-corrected chi connectivity index (χ3v) is 4.06. The van der Waals surface area contributed by atoms with Crippen LogP contribution in [0.25, 0.3) is 0 Å². The Morgan fingerprint density at radius 2 is 1.82 bits per heavy atom. The molecule has 0 aliphatic carbocycles. The van der Waals surface area contributed by atoms with Crippen molar-refractivity contribution in [3.05, 3.63) is 0 Å². The van der Waals surface area contributed by atoms with Crippen LogP contribution in [0.2, 0.25) is 0 Å². The molecule has 1 saturated heterocycles. The van der Waals surface area contributed by atoms with E-state index in [2.05, 4.69) is 30.7 Å². The fourth-order valence-corrected chi connectivity index (χ4v) is 2.48. The van der Waals surface area contributed by atoms with E-state index in [0.29, 0.717) is 18.6 Å². The van der Waals surface area contributed by atoms with Gasteiger partial charge in [-0.1, -0.05) is 0 Å². The number of rotatable bonds is 5. The van der Waals surface area contributed by atoms with Crippen molar-refractivity contribution in [3.63, 3.8) is 0 Å². The predicted octanol–water partition coefficient (Wildman–Crippen LogP) is 0.501. The van der Waals surface area contributed by atoms with Crippen LogP contribution in [0, 0.1) is 0 Å². The lowest BCUT2D eigenvalue weighted by Crippen LogP contribution is -2.55. The molecule has 1 aliphatic heterocycles. The van der Waals surface area contributed by atoms with Crippen LogP contribution in [0.3, 0.4) is 0 Å². The number of piperazine rings is 1. The van der Waals surface area contributed by atoms with Crippen LogP contribution >= 0.6 is 0 Å². The Bertz CT molecular complexity index is 221. The summed E-state index contributed by atoms with van der Waals surface area (Å²) in [6.07, 6.45) is 1.81. The number of nitrogens with two attached hydrogens (primary N) is 1. The van der Waals surface area contributed by atoms with Crippen LogP contribution in [-0.4, -0.2) is 65.8 Å². The largest absolute Gasteiger partial charge is 0.389 e. The maximum absolute atomic E-state index is 9.85. The number of likely N-dealkylation sites (N-methyl/N-ethyl adjacent to an activating group) is 1. The highest BCUT2D eigenvalue weighted by atomic mass is 16.3. The second-order valence-corrected chi connectivity index (χ2v) is 5.93. The van der Waals surface area contributed by atoms with Gasteiger partial charge in [-0.25, -0.2) is 0 Å². The smallest absolute Gasteiger partial charge is 0.0741 e. The molecule has 1 aliphatic rings. The predicted molar refractivity (Wildman–Crippen MR) is 72.0 cm³/mol. The monoisotopic (exact) mass is 243 g/mol. The van der Waals surface area contributed by atoms with Gasteiger partial charge in [0.2, 0.25) is 0 Å². The summed E-state index contributed by atoms with van der Waals surface area (Å²) in [5.74, 6) is 0. The minimum atomic E-state index is -0.691. The summed E-state index contributed by atoms with van der Waals surface area (Å²) in [7, 11) is 2.20. The number of aliphatic hydroxyl groups is 1. The number of nitrogens with zero attached hydrogens (tertiary/aromatic N) is 2. The van der Waals surface area contributed by atoms with Crippen molar-refractivity contribution in [2.75, 3.05) is 33.2 Å². The maximum Gasteiger partial charge on any atom is 0.0741 e. The van der Waals surface area contributed by atoms with Gasteiger partial charge < -0.3 is 15.7 Å². The molecular weight excluding hydrogens is 214 g/mol. The maximum atomic E-state index is 9.85. The van der Waals surface area contributed by atoms with E-state index >= 15 is 0 Å². The van der Waals surface area contributed by atoms with Crippen molar-refractivity contribution < 1.29 is 5.11 Å². The van der Waals surface area contributed by atoms with Crippen LogP contribution < -0.4 is 5.73 Å². The molecule has 4 nitrogen and oxygen atoms in total. The van der Waals surface area contributed by atoms with Gasteiger partial charge in [-0.15, -0.1) is 0 Å². The van der Waals surface area contributed by atoms with Crippen molar-refractivity contribution in [1.82, 2.24) is 9.80 Å². The fraction of sp³-hybridized carbons (Fsp3) is 1.00. The quantitative estimate of drug-likeness (QED) is 0.738. The lowest BCUT2D eigenvalue weighted by Gasteiger charge is -2.42. The Labute approximate surface area is 106 Å². The molecule has 17 heavy (non-hydrogen) atoms. The Balaban J connectivity index is 2.29. The zero-order valence-electron chi connectivity index (χ0n) is 11.8. The normalized spacial score (nSPS) is 31.4. The van der Waals surface area contributed by atoms with Crippen molar-refractivity contribution in [1.29, 1.82) is 0 Å². The van der Waals surface area contributed by atoms with Crippen molar-refractivity contribution in [2.24, 2.45) is 5.73 Å². The summed E-state index contributed by atoms with van der Waals surface area (Å²) in [5, 5.41) is 9.85. The summed E-state index contributed by atoms with van der Waals surface area (Å²) in [4.78, 5) is 4.94. The fourth-order valence-electron chi connectivity index (χ4n) is 2.48. The lowest BCUT2D eigenvalue weighted by molar-refractivity contribution is 0.0379. The topological polar surface area (TPSA) is 52.7 Å². The second-order valence-electron chi connectivity index (χ2n) is 5.93. The molecule has 3 atom stereocenters. The van der Waals surface area contributed by atoms with E-state index in [1.807, 2.05) is 6.92 Å². The molecule has 0 aromatic rings. The Kier molecular flexibility index (Phi) is 5.38. The number of hydrogen-bond donors (Lipinski definition) is 2. The molecule has 0 aromatic carbocycles. The van der Waals surface area contributed by atoms with E-state index in [4.69, 9.17) is 5.73 Å². The average Bonchev–Trinajstić information content (AvgIpc) is 2.25. The van der Waals surface area contributed by atoms with Crippen LogP contribution in [-0.2, 0) is 0 Å². The lowest BCUT2D eigenvalue weighted by atomic mass is 10.00. The molecule has 1 fully saturated rings. The van der Waals surface area contributed by atoms with Crippen molar-refractivity contribution >= 4 is 0 Å². The zero-order chi connectivity index (χ0) is 13.1. The first-order valence-electron chi connectivity index (χ1n) is 6.72. The molecule has 102 valence electrons. The van der Waals surface area contributed by atoms with E-state index < -0.39 is 5.60 Å². The minimum Gasteiger partial charge on any atom is -0.389 e. The van der Waals surface area contributed by atoms with E-state index in [1.165, 1.54) is 0 Å². The Hall–Kier alpha value is -0.160. The highest BCUT2D eigenvalue weighted by Gasteiger charge is 2.26. The van der Waals surface area contributed by atoms with Crippen LogP contribution in [0.4, 0.5) is 0 Å². The minimum absolute atomic E-state index is 0.350. The van der Waals surface area contributed by atoms with Gasteiger partial charge >= 0.3 is 0 Å². The van der Waals surface area contributed by atoms with Crippen LogP contribution in [0.15, 0.2) is 0 Å². The highest BCUT2D eigenvalue weighted by molar-refractivity contribution is 4.83. The molecule has 0 aromatic heterocycles. The van der Waals surface area contributed by atoms with Gasteiger partial charge in [-0.2, -0.15) is 0 Å². The van der Waals surface area contributed by atoms with Crippen LogP contribution in [0.5, 0.6) is 0 Å². The summed E-state index contributed by atoms with van der Waals surface area (Å²) < 4.78 is 0. The van der Waals surface area contributed by atoms with E-state index in [0.717, 1.165) is 32.5 Å². The molecule has 0 bridgehead atoms. The van der Waals surface area contributed by atoms with E-state index in [9.17, 15) is 5.11 Å². The summed E-state index contributed by atoms with van der Waals surface area (Å²) in [6, 6.07) is 1.24. The van der Waals surface area contributed by atoms with Gasteiger partial charge in [0.15, 0.2) is 0 Å². The Morgan fingerprint density at radius 1 is 1.29 bits per heavy atom. The van der Waals surface area contributed by atoms with Crippen molar-refractivity contribution in [3.8, 4) is 0 Å². The van der Waals surface area contributed by atoms with Gasteiger partial charge in [0.05, 0.1) is 5.60 Å². The molecule has 1 heterocycles. The number of hydrogen-bond acceptors (Lipinski definition) is 4. The first kappa shape index (κ1) is 14.9. The Morgan fingerprint density at radius 3 is 2.29 bits per heavy atom. The third-order valence-electron chi connectivity index (χ3n) is 4.06. The zero-order valence-corrected chi connectivity index (χ0v) is 11.8. The molecule has 3 N–H and O–H groups in total. The molecule has 0 saturated carbocycles. The van der Waals surface area contributed by atoms with Gasteiger partial charge in [-0.3, -0.25) is 4.90 Å². The SMILES string of the molecule is CC1CN(CCCC(C)(O)CN)CC(C)N1C. The standard InChI is InChI=1S/C13H29N3O/c1-11-8-16(9-12(2)15(11)4)7-5-6-13(3,17)10-14/h11-12,17H,5-10,14H2,1-4H3. The molecular formula is C13H29N3O. The van der Waals surface area contributed by atoms with Gasteiger partial charge in [0, 0.05) is 31.7 Å². The van der Waals surface area contributed by atoms with Gasteiger partial charge in [0.1, 0.15) is 0 Å². The van der Waals surface area contributed by atoms with E-state index in [-0.39, 0.29) is 0 Å². The molecule has 3 unspecified atom stereocenters. The van der Waals surface area contributed by atoms with Gasteiger partial charge in [-0.05, 0) is 47.2 Å². The molecule has 0 spiro atoms. The summed E-state index contributed by atoms with van der Waals surface area (Å²) >= 11 is 0. The van der Waals surface area contributed by atoms with Crippen LogP contribution in [0.1, 0.15) is 33.6 Å². The second kappa shape index (κ2) is 6.14. The third kappa shape index (κ3) is 4.54. The summed E-state index contributed by atoms with van der Waals surface area (Å²) in [6.45, 7) is 10.1. The highest BCUT2D eigenvalue weighted by Crippen LogP contribution is 2.15. The van der Waals surface area contributed by atoms with Gasteiger partial charge in [0.25, 0.3) is 0 Å². The first-order chi connectivity index (χ1) is 7.85. The molecule has 4 heteroatoms. The first-order valence-corrected chi connectivity index (χ1v) is 6.72. The summed E-state index contributed by atoms with van der Waals surface area (Å²) in [5.41, 5.74) is 4.83. The van der Waals surface area contributed by atoms with Crippen molar-refractivity contribution in [2.45, 2.75) is 51.3 Å².